The first-order chi connectivity index (χ1) is 14.2. The molecule has 1 aliphatic rings. The molecule has 0 bridgehead atoms. The molecule has 0 amide bonds. The maximum absolute atomic E-state index is 11.9. The first kappa shape index (κ1) is 22.5. The Bertz CT molecular complexity index is 1020. The van der Waals surface area contributed by atoms with Crippen LogP contribution in [0.5, 0.6) is 5.75 Å². The van der Waals surface area contributed by atoms with Gasteiger partial charge in [0.1, 0.15) is 11.7 Å². The highest BCUT2D eigenvalue weighted by atomic mass is 35.5. The lowest BCUT2D eigenvalue weighted by Crippen LogP contribution is -2.49. The summed E-state index contributed by atoms with van der Waals surface area (Å²) in [4.78, 5) is 16.8. The van der Waals surface area contributed by atoms with Crippen molar-refractivity contribution in [3.8, 4) is 5.75 Å². The fourth-order valence-corrected chi connectivity index (χ4v) is 4.99. The number of thiophene rings is 1. The van der Waals surface area contributed by atoms with Crippen molar-refractivity contribution in [3.63, 3.8) is 0 Å². The zero-order valence-corrected chi connectivity index (χ0v) is 19.0. The van der Waals surface area contributed by atoms with Gasteiger partial charge in [0.05, 0.1) is 12.7 Å². The maximum Gasteiger partial charge on any atom is 0.130 e. The summed E-state index contributed by atoms with van der Waals surface area (Å²) in [5.41, 5.74) is 3.10. The van der Waals surface area contributed by atoms with Gasteiger partial charge in [0.15, 0.2) is 0 Å². The molecule has 1 aliphatic heterocycles. The molecule has 0 N–H and O–H groups in total. The van der Waals surface area contributed by atoms with Gasteiger partial charge in [-0.2, -0.15) is 0 Å². The minimum atomic E-state index is 0. The van der Waals surface area contributed by atoms with Gasteiger partial charge >= 0.3 is 0 Å². The van der Waals surface area contributed by atoms with E-state index in [1.54, 1.807) is 18.4 Å². The second-order valence-electron chi connectivity index (χ2n) is 7.50. The molecule has 6 heteroatoms. The van der Waals surface area contributed by atoms with Crippen molar-refractivity contribution >= 4 is 45.3 Å². The van der Waals surface area contributed by atoms with Crippen molar-refractivity contribution in [1.82, 2.24) is 9.80 Å². The fraction of sp³-hybridized carbons (Fsp3) is 0.333. The molecule has 4 nitrogen and oxygen atoms in total. The number of carbonyl (C=O) groups excluding carboxylic acids is 1. The summed E-state index contributed by atoms with van der Waals surface area (Å²) in [7, 11) is 1.69. The predicted octanol–water partition coefficient (Wildman–Crippen LogP) is 4.75. The number of halogens is 1. The van der Waals surface area contributed by atoms with Gasteiger partial charge < -0.3 is 4.74 Å². The summed E-state index contributed by atoms with van der Waals surface area (Å²) >= 11 is 1.69. The van der Waals surface area contributed by atoms with Crippen LogP contribution < -0.4 is 4.74 Å². The smallest absolute Gasteiger partial charge is 0.130 e. The molecular formula is C24H27ClN2O2S. The summed E-state index contributed by atoms with van der Waals surface area (Å²) in [6.45, 7) is 6.96. The largest absolute Gasteiger partial charge is 0.497 e. The standard InChI is InChI=1S/C24H26N2O2S.ClH/c1-18(22(16-27)23-17-29-24-6-4-3-5-21(23)24)26-13-11-25(12-14-26)15-19-7-9-20(28-2)10-8-19;/h3-10,17-18H,11-15H2,1-2H3;1H. The number of hydrogen-bond donors (Lipinski definition) is 0. The Kier molecular flexibility index (Phi) is 7.70. The van der Waals surface area contributed by atoms with Gasteiger partial charge in [0.25, 0.3) is 0 Å². The number of nitrogens with zero attached hydrogens (tertiary/aromatic N) is 2. The normalized spacial score (nSPS) is 15.9. The van der Waals surface area contributed by atoms with Crippen LogP contribution in [0.25, 0.3) is 15.7 Å². The SMILES string of the molecule is COc1ccc(CN2CCN(C(C)C(=C=O)c3csc4ccccc34)CC2)cc1.Cl. The molecule has 1 unspecified atom stereocenters. The Morgan fingerprint density at radius 1 is 1.10 bits per heavy atom. The zero-order valence-electron chi connectivity index (χ0n) is 17.3. The molecule has 3 aromatic rings. The van der Waals surface area contributed by atoms with Crippen LogP contribution in [-0.4, -0.2) is 55.1 Å². The van der Waals surface area contributed by atoms with E-state index in [-0.39, 0.29) is 18.4 Å². The second-order valence-corrected chi connectivity index (χ2v) is 8.41. The van der Waals surface area contributed by atoms with E-state index in [0.717, 1.165) is 55.0 Å². The van der Waals surface area contributed by atoms with E-state index in [2.05, 4.69) is 52.3 Å². The molecule has 2 aromatic carbocycles. The maximum atomic E-state index is 11.9. The van der Waals surface area contributed by atoms with Crippen molar-refractivity contribution in [2.45, 2.75) is 19.5 Å². The molecule has 1 fully saturated rings. The Morgan fingerprint density at radius 3 is 2.47 bits per heavy atom. The average Bonchev–Trinajstić information content (AvgIpc) is 3.19. The molecule has 0 aliphatic carbocycles. The Balaban J connectivity index is 0.00000256. The minimum Gasteiger partial charge on any atom is -0.497 e. The number of methoxy groups -OCH3 is 1. The molecule has 0 radical (unpaired) electrons. The van der Waals surface area contributed by atoms with Gasteiger partial charge in [-0.1, -0.05) is 30.3 Å². The van der Waals surface area contributed by atoms with Crippen LogP contribution in [0.4, 0.5) is 0 Å². The molecule has 1 saturated heterocycles. The Labute approximate surface area is 188 Å². The van der Waals surface area contributed by atoms with Crippen LogP contribution in [0.3, 0.4) is 0 Å². The van der Waals surface area contributed by atoms with Crippen molar-refractivity contribution in [1.29, 1.82) is 0 Å². The van der Waals surface area contributed by atoms with E-state index < -0.39 is 0 Å². The molecule has 0 spiro atoms. The Hall–Kier alpha value is -2.14. The van der Waals surface area contributed by atoms with E-state index in [1.807, 2.05) is 24.3 Å². The van der Waals surface area contributed by atoms with Crippen molar-refractivity contribution in [3.05, 3.63) is 65.0 Å². The first-order valence-corrected chi connectivity index (χ1v) is 10.9. The molecule has 158 valence electrons. The highest BCUT2D eigenvalue weighted by Crippen LogP contribution is 2.32. The third kappa shape index (κ3) is 4.77. The zero-order chi connectivity index (χ0) is 20.2. The van der Waals surface area contributed by atoms with E-state index in [1.165, 1.54) is 10.3 Å². The van der Waals surface area contributed by atoms with E-state index in [9.17, 15) is 4.79 Å². The van der Waals surface area contributed by atoms with Crippen molar-refractivity contribution in [2.75, 3.05) is 33.3 Å². The van der Waals surface area contributed by atoms with Crippen LogP contribution in [0.15, 0.2) is 53.9 Å². The molecule has 30 heavy (non-hydrogen) atoms. The van der Waals surface area contributed by atoms with Crippen LogP contribution in [0.1, 0.15) is 18.1 Å². The van der Waals surface area contributed by atoms with Gasteiger partial charge in [-0.3, -0.25) is 9.80 Å². The fourth-order valence-electron chi connectivity index (χ4n) is 4.03. The lowest BCUT2D eigenvalue weighted by Gasteiger charge is -2.38. The predicted molar refractivity (Wildman–Crippen MR) is 127 cm³/mol. The highest BCUT2D eigenvalue weighted by molar-refractivity contribution is 7.17. The minimum absolute atomic E-state index is 0. The molecule has 0 saturated carbocycles. The van der Waals surface area contributed by atoms with Gasteiger partial charge in [0, 0.05) is 59.8 Å². The van der Waals surface area contributed by atoms with E-state index in [0.29, 0.717) is 0 Å². The lowest BCUT2D eigenvalue weighted by molar-refractivity contribution is 0.115. The molecule has 1 atom stereocenters. The summed E-state index contributed by atoms with van der Waals surface area (Å²) < 4.78 is 6.45. The first-order valence-electron chi connectivity index (χ1n) is 10.0. The topological polar surface area (TPSA) is 32.8 Å². The van der Waals surface area contributed by atoms with Crippen molar-refractivity contribution < 1.29 is 9.53 Å². The molecule has 2 heterocycles. The van der Waals surface area contributed by atoms with Gasteiger partial charge in [0.2, 0.25) is 0 Å². The van der Waals surface area contributed by atoms with Gasteiger partial charge in [-0.25, -0.2) is 4.79 Å². The molecule has 4 rings (SSSR count). The van der Waals surface area contributed by atoms with Crippen LogP contribution in [-0.2, 0) is 11.3 Å². The lowest BCUT2D eigenvalue weighted by atomic mass is 9.98. The summed E-state index contributed by atoms with van der Waals surface area (Å²) in [6, 6.07) is 16.6. The Morgan fingerprint density at radius 2 is 1.80 bits per heavy atom. The summed E-state index contributed by atoms with van der Waals surface area (Å²) in [5.74, 6) is 3.15. The number of ether oxygens (including phenoxy) is 1. The third-order valence-corrected chi connectivity index (χ3v) is 6.78. The molecule has 1 aromatic heterocycles. The number of fused-ring (bicyclic) bond motifs is 1. The molecular weight excluding hydrogens is 416 g/mol. The highest BCUT2D eigenvalue weighted by Gasteiger charge is 2.26. The number of hydrogen-bond acceptors (Lipinski definition) is 5. The quantitative estimate of drug-likeness (QED) is 0.515. The van der Waals surface area contributed by atoms with Gasteiger partial charge in [-0.05, 0) is 30.7 Å². The van der Waals surface area contributed by atoms with E-state index >= 15 is 0 Å². The van der Waals surface area contributed by atoms with Gasteiger partial charge in [-0.15, -0.1) is 23.7 Å². The monoisotopic (exact) mass is 442 g/mol. The van der Waals surface area contributed by atoms with Crippen LogP contribution >= 0.6 is 23.7 Å². The van der Waals surface area contributed by atoms with Crippen LogP contribution in [0.2, 0.25) is 0 Å². The van der Waals surface area contributed by atoms with Crippen molar-refractivity contribution in [2.24, 2.45) is 0 Å². The number of rotatable bonds is 6. The second kappa shape index (κ2) is 10.3. The summed E-state index contributed by atoms with van der Waals surface area (Å²) in [6.07, 6.45) is 0. The summed E-state index contributed by atoms with van der Waals surface area (Å²) in [5, 5.41) is 3.25. The van der Waals surface area contributed by atoms with E-state index in [4.69, 9.17) is 4.74 Å². The van der Waals surface area contributed by atoms with Crippen LogP contribution in [0, 0.1) is 0 Å². The average molecular weight is 443 g/mol. The third-order valence-electron chi connectivity index (χ3n) is 5.82. The number of piperazine rings is 1. The number of benzene rings is 2.